The van der Waals surface area contributed by atoms with E-state index in [1.807, 2.05) is 13.8 Å². The summed E-state index contributed by atoms with van der Waals surface area (Å²) in [6.45, 7) is 3.75. The molecule has 0 spiro atoms. The summed E-state index contributed by atoms with van der Waals surface area (Å²) in [5.41, 5.74) is 1.44. The monoisotopic (exact) mass is 219 g/mol. The minimum atomic E-state index is -0.511. The first kappa shape index (κ1) is 10.8. The summed E-state index contributed by atoms with van der Waals surface area (Å²) in [5.74, 6) is 0.203. The van der Waals surface area contributed by atoms with Crippen LogP contribution in [0.4, 0.5) is 5.69 Å². The Balaban J connectivity index is 2.55. The number of benzene rings is 1. The van der Waals surface area contributed by atoms with Crippen LogP contribution in [0.2, 0.25) is 0 Å². The fraction of sp³-hybridized carbons (Fsp3) is 0.417. The predicted molar refractivity (Wildman–Crippen MR) is 59.5 cm³/mol. The van der Waals surface area contributed by atoms with Crippen molar-refractivity contribution in [3.8, 4) is 0 Å². The third-order valence-electron chi connectivity index (χ3n) is 3.29. The molecule has 16 heavy (non-hydrogen) atoms. The highest BCUT2D eigenvalue weighted by Crippen LogP contribution is 2.35. The normalized spacial score (nSPS) is 18.0. The molecule has 0 bridgehead atoms. The van der Waals surface area contributed by atoms with Crippen molar-refractivity contribution in [3.63, 3.8) is 0 Å². The lowest BCUT2D eigenvalue weighted by Gasteiger charge is -2.30. The number of hydrogen-bond acceptors (Lipinski definition) is 3. The molecule has 84 valence electrons. The lowest BCUT2D eigenvalue weighted by molar-refractivity contribution is -0.384. The third-order valence-corrected chi connectivity index (χ3v) is 3.29. The minimum absolute atomic E-state index is 0.101. The molecule has 0 N–H and O–H groups in total. The van der Waals surface area contributed by atoms with Crippen LogP contribution in [0.15, 0.2) is 18.2 Å². The number of rotatable bonds is 1. The number of carbonyl (C=O) groups excluding carboxylic acids is 1. The maximum absolute atomic E-state index is 11.8. The van der Waals surface area contributed by atoms with Crippen LogP contribution >= 0.6 is 0 Å². The molecule has 0 aliphatic heterocycles. The van der Waals surface area contributed by atoms with Crippen molar-refractivity contribution in [1.29, 1.82) is 0 Å². The summed E-state index contributed by atoms with van der Waals surface area (Å²) >= 11 is 0. The Bertz CT molecular complexity index is 477. The quantitative estimate of drug-likeness (QED) is 0.538. The Labute approximate surface area is 93.4 Å². The van der Waals surface area contributed by atoms with E-state index in [4.69, 9.17) is 0 Å². The van der Waals surface area contributed by atoms with Crippen LogP contribution in [0.1, 0.15) is 31.4 Å². The first-order valence-corrected chi connectivity index (χ1v) is 5.24. The van der Waals surface area contributed by atoms with Crippen LogP contribution < -0.4 is 0 Å². The maximum Gasteiger partial charge on any atom is 0.269 e. The van der Waals surface area contributed by atoms with Crippen LogP contribution in [-0.2, 0) is 16.6 Å². The van der Waals surface area contributed by atoms with Crippen molar-refractivity contribution in [2.45, 2.75) is 32.1 Å². The molecule has 4 nitrogen and oxygen atoms in total. The Morgan fingerprint density at radius 1 is 1.31 bits per heavy atom. The molecule has 0 radical (unpaired) electrons. The van der Waals surface area contributed by atoms with E-state index in [2.05, 4.69) is 0 Å². The van der Waals surface area contributed by atoms with E-state index >= 15 is 0 Å². The first-order chi connectivity index (χ1) is 7.43. The lowest BCUT2D eigenvalue weighted by atomic mass is 9.72. The zero-order valence-electron chi connectivity index (χ0n) is 9.32. The first-order valence-electron chi connectivity index (χ1n) is 5.24. The fourth-order valence-electron chi connectivity index (χ4n) is 2.22. The number of aryl methyl sites for hydroxylation is 1. The number of non-ortho nitro benzene ring substituents is 1. The van der Waals surface area contributed by atoms with E-state index in [0.717, 1.165) is 11.1 Å². The average Bonchev–Trinajstić information content (AvgIpc) is 2.23. The molecule has 0 saturated heterocycles. The number of Topliss-reactive ketones (excluding diaryl/α,β-unsaturated/α-hetero) is 1. The molecule has 0 amide bonds. The zero-order valence-corrected chi connectivity index (χ0v) is 9.32. The number of fused-ring (bicyclic) bond motifs is 1. The van der Waals surface area contributed by atoms with Gasteiger partial charge in [0.15, 0.2) is 0 Å². The van der Waals surface area contributed by atoms with Gasteiger partial charge in [-0.05, 0) is 31.4 Å². The van der Waals surface area contributed by atoms with Gasteiger partial charge in [0.05, 0.1) is 4.92 Å². The van der Waals surface area contributed by atoms with Gasteiger partial charge < -0.3 is 0 Å². The van der Waals surface area contributed by atoms with Crippen LogP contribution in [-0.4, -0.2) is 10.7 Å². The molecular formula is C12H13NO3. The van der Waals surface area contributed by atoms with Crippen molar-refractivity contribution in [3.05, 3.63) is 39.4 Å². The van der Waals surface area contributed by atoms with Gasteiger partial charge in [-0.3, -0.25) is 14.9 Å². The second-order valence-electron chi connectivity index (χ2n) is 4.65. The van der Waals surface area contributed by atoms with Crippen molar-refractivity contribution in [2.75, 3.05) is 0 Å². The molecule has 2 rings (SSSR count). The fourth-order valence-corrected chi connectivity index (χ4v) is 2.22. The van der Waals surface area contributed by atoms with Gasteiger partial charge in [-0.2, -0.15) is 0 Å². The van der Waals surface area contributed by atoms with E-state index in [1.54, 1.807) is 12.1 Å². The number of carbonyl (C=O) groups is 1. The summed E-state index contributed by atoms with van der Waals surface area (Å²) in [5, 5.41) is 10.7. The molecule has 0 heterocycles. The van der Waals surface area contributed by atoms with Crippen LogP contribution in [0.25, 0.3) is 0 Å². The van der Waals surface area contributed by atoms with Gasteiger partial charge in [-0.15, -0.1) is 0 Å². The van der Waals surface area contributed by atoms with Gasteiger partial charge >= 0.3 is 0 Å². The van der Waals surface area contributed by atoms with Gasteiger partial charge in [-0.1, -0.05) is 6.07 Å². The number of ketones is 1. The molecule has 1 aromatic rings. The highest BCUT2D eigenvalue weighted by atomic mass is 16.6. The van der Waals surface area contributed by atoms with E-state index in [0.29, 0.717) is 12.8 Å². The van der Waals surface area contributed by atoms with Gasteiger partial charge in [-0.25, -0.2) is 0 Å². The van der Waals surface area contributed by atoms with Gasteiger partial charge in [0, 0.05) is 24.0 Å². The summed E-state index contributed by atoms with van der Waals surface area (Å²) < 4.78 is 0. The molecule has 1 aromatic carbocycles. The standard InChI is InChI=1S/C12H13NO3/c1-12(2)10-5-4-9(13(15)16)7-8(10)3-6-11(12)14/h4-5,7H,3,6H2,1-2H3. The minimum Gasteiger partial charge on any atom is -0.299 e. The summed E-state index contributed by atoms with van der Waals surface area (Å²) in [7, 11) is 0. The maximum atomic E-state index is 11.8. The molecule has 1 aliphatic carbocycles. The van der Waals surface area contributed by atoms with Gasteiger partial charge in [0.2, 0.25) is 0 Å². The Morgan fingerprint density at radius 3 is 2.62 bits per heavy atom. The molecule has 4 heteroatoms. The largest absolute Gasteiger partial charge is 0.299 e. The summed E-state index contributed by atoms with van der Waals surface area (Å²) in [4.78, 5) is 22.0. The second kappa shape index (κ2) is 3.40. The molecule has 1 aliphatic rings. The highest BCUT2D eigenvalue weighted by molar-refractivity contribution is 5.91. The molecule has 0 atom stereocenters. The Hall–Kier alpha value is -1.71. The zero-order chi connectivity index (χ0) is 11.9. The number of nitro groups is 1. The van der Waals surface area contributed by atoms with Crippen molar-refractivity contribution in [2.24, 2.45) is 0 Å². The van der Waals surface area contributed by atoms with Gasteiger partial charge in [0.1, 0.15) is 5.78 Å². The molecule has 0 aromatic heterocycles. The second-order valence-corrected chi connectivity index (χ2v) is 4.65. The predicted octanol–water partition coefficient (Wildman–Crippen LogP) is 2.39. The SMILES string of the molecule is CC1(C)C(=O)CCc2cc([N+](=O)[O-])ccc21. The molecular weight excluding hydrogens is 206 g/mol. The van der Waals surface area contributed by atoms with Crippen molar-refractivity contribution >= 4 is 11.5 Å². The summed E-state index contributed by atoms with van der Waals surface area (Å²) in [6.07, 6.45) is 1.08. The molecule has 0 saturated carbocycles. The van der Waals surface area contributed by atoms with Gasteiger partial charge in [0.25, 0.3) is 5.69 Å². The Morgan fingerprint density at radius 2 is 2.00 bits per heavy atom. The van der Waals surface area contributed by atoms with E-state index in [9.17, 15) is 14.9 Å². The van der Waals surface area contributed by atoms with Crippen LogP contribution in [0.3, 0.4) is 0 Å². The van der Waals surface area contributed by atoms with Crippen molar-refractivity contribution < 1.29 is 9.72 Å². The molecule has 0 unspecified atom stereocenters. The lowest BCUT2D eigenvalue weighted by Crippen LogP contribution is -2.34. The molecule has 0 fully saturated rings. The number of nitro benzene ring substituents is 1. The topological polar surface area (TPSA) is 60.2 Å². The smallest absolute Gasteiger partial charge is 0.269 e. The van der Waals surface area contributed by atoms with Crippen LogP contribution in [0, 0.1) is 10.1 Å². The summed E-state index contributed by atoms with van der Waals surface area (Å²) in [6, 6.07) is 4.77. The van der Waals surface area contributed by atoms with E-state index in [1.165, 1.54) is 6.07 Å². The number of nitrogens with zero attached hydrogens (tertiary/aromatic N) is 1. The van der Waals surface area contributed by atoms with Crippen molar-refractivity contribution in [1.82, 2.24) is 0 Å². The van der Waals surface area contributed by atoms with E-state index in [-0.39, 0.29) is 11.5 Å². The third kappa shape index (κ3) is 1.50. The number of hydrogen-bond donors (Lipinski definition) is 0. The Kier molecular flexibility index (Phi) is 2.30. The van der Waals surface area contributed by atoms with Crippen LogP contribution in [0.5, 0.6) is 0 Å². The average molecular weight is 219 g/mol. The van der Waals surface area contributed by atoms with E-state index < -0.39 is 10.3 Å². The highest BCUT2D eigenvalue weighted by Gasteiger charge is 2.35.